The number of anilines is 2. The van der Waals surface area contributed by atoms with E-state index in [2.05, 4.69) is 26.5 Å². The van der Waals surface area contributed by atoms with Crippen LogP contribution in [0, 0.1) is 6.92 Å². The summed E-state index contributed by atoms with van der Waals surface area (Å²) in [5, 5.41) is 13.1. The lowest BCUT2D eigenvalue weighted by atomic mass is 9.92. The van der Waals surface area contributed by atoms with Gasteiger partial charge in [0.2, 0.25) is 11.0 Å². The smallest absolute Gasteiger partial charge is 0.236 e. The predicted molar refractivity (Wildman–Crippen MR) is 120 cm³/mol. The molecule has 1 amide bonds. The molecular weight excluding hydrogens is 396 g/mol. The Labute approximate surface area is 182 Å². The van der Waals surface area contributed by atoms with Gasteiger partial charge in [-0.3, -0.25) is 9.69 Å². The highest BCUT2D eigenvalue weighted by atomic mass is 32.1. The third kappa shape index (κ3) is 5.35. The number of piperidine rings is 1. The van der Waals surface area contributed by atoms with Gasteiger partial charge in [0, 0.05) is 24.7 Å². The highest BCUT2D eigenvalue weighted by Gasteiger charge is 2.26. The van der Waals surface area contributed by atoms with Crippen molar-refractivity contribution < 1.29 is 4.79 Å². The van der Waals surface area contributed by atoms with Gasteiger partial charge in [-0.2, -0.15) is 0 Å². The Balaban J connectivity index is 1.28. The monoisotopic (exact) mass is 428 g/mol. The summed E-state index contributed by atoms with van der Waals surface area (Å²) < 4.78 is 0. The van der Waals surface area contributed by atoms with E-state index in [9.17, 15) is 4.79 Å². The molecule has 1 N–H and O–H groups in total. The number of aromatic nitrogens is 3. The van der Waals surface area contributed by atoms with Crippen molar-refractivity contribution in [3.63, 3.8) is 0 Å². The molecule has 0 bridgehead atoms. The van der Waals surface area contributed by atoms with Crippen LogP contribution in [0.3, 0.4) is 0 Å². The Bertz CT molecular complexity index is 842. The summed E-state index contributed by atoms with van der Waals surface area (Å²) in [7, 11) is 1.99. The molecule has 1 saturated carbocycles. The molecule has 3 heterocycles. The Hall–Kier alpha value is -2.06. The fourth-order valence-corrected chi connectivity index (χ4v) is 5.17. The van der Waals surface area contributed by atoms with Crippen molar-refractivity contribution in [2.24, 2.45) is 0 Å². The van der Waals surface area contributed by atoms with Gasteiger partial charge in [0.15, 0.2) is 0 Å². The molecule has 2 fully saturated rings. The molecule has 8 heteroatoms. The number of pyridine rings is 1. The summed E-state index contributed by atoms with van der Waals surface area (Å²) in [5.41, 5.74) is 1.12. The fourth-order valence-electron chi connectivity index (χ4n) is 4.57. The van der Waals surface area contributed by atoms with Gasteiger partial charge < -0.3 is 10.2 Å². The molecule has 0 radical (unpaired) electrons. The van der Waals surface area contributed by atoms with Crippen LogP contribution in [0.4, 0.5) is 10.9 Å². The number of hydrogen-bond acceptors (Lipinski definition) is 7. The van der Waals surface area contributed by atoms with Gasteiger partial charge in [-0.1, -0.05) is 36.7 Å². The number of nitrogens with one attached hydrogen (secondary N) is 1. The average Bonchev–Trinajstić information content (AvgIpc) is 3.19. The molecule has 2 aromatic heterocycles. The van der Waals surface area contributed by atoms with Gasteiger partial charge in [-0.25, -0.2) is 4.98 Å². The summed E-state index contributed by atoms with van der Waals surface area (Å²) in [6, 6.07) is 6.57. The van der Waals surface area contributed by atoms with Crippen molar-refractivity contribution in [1.29, 1.82) is 0 Å². The first-order valence-electron chi connectivity index (χ1n) is 11.1. The molecule has 1 aliphatic carbocycles. The molecule has 0 atom stereocenters. The van der Waals surface area contributed by atoms with E-state index < -0.39 is 0 Å². The lowest BCUT2D eigenvalue weighted by molar-refractivity contribution is -0.134. The molecule has 0 spiro atoms. The molecule has 2 aromatic rings. The van der Waals surface area contributed by atoms with E-state index in [-0.39, 0.29) is 5.91 Å². The largest absolute Gasteiger partial charge is 0.342 e. The van der Waals surface area contributed by atoms with Gasteiger partial charge in [-0.15, -0.1) is 10.2 Å². The fraction of sp³-hybridized carbons (Fsp3) is 0.636. The Kier molecular flexibility index (Phi) is 6.94. The zero-order valence-electron chi connectivity index (χ0n) is 18.0. The SMILES string of the molecule is Cc1nnc(Nc2cccc(C3CCN(CC(=O)N(C)C4CCCCC4)CC3)n2)s1. The van der Waals surface area contributed by atoms with E-state index in [1.807, 2.05) is 31.0 Å². The van der Waals surface area contributed by atoms with Crippen molar-refractivity contribution in [2.75, 3.05) is 32.0 Å². The highest BCUT2D eigenvalue weighted by Crippen LogP contribution is 2.29. The van der Waals surface area contributed by atoms with Crippen LogP contribution in [0.5, 0.6) is 0 Å². The number of rotatable bonds is 6. The predicted octanol–water partition coefficient (Wildman–Crippen LogP) is 3.96. The third-order valence-corrected chi connectivity index (χ3v) is 7.17. The van der Waals surface area contributed by atoms with Crippen molar-refractivity contribution >= 4 is 28.2 Å². The second-order valence-corrected chi connectivity index (χ2v) is 9.73. The summed E-state index contributed by atoms with van der Waals surface area (Å²) in [5.74, 6) is 1.53. The molecular formula is C22H32N6OS. The van der Waals surface area contributed by atoms with Crippen LogP contribution < -0.4 is 5.32 Å². The molecule has 2 aliphatic rings. The second kappa shape index (κ2) is 9.83. The Morgan fingerprint density at radius 3 is 2.63 bits per heavy atom. The first-order valence-corrected chi connectivity index (χ1v) is 11.9. The summed E-state index contributed by atoms with van der Waals surface area (Å²) in [6.45, 7) is 4.39. The van der Waals surface area contributed by atoms with Gasteiger partial charge in [0.25, 0.3) is 0 Å². The Morgan fingerprint density at radius 2 is 1.93 bits per heavy atom. The number of likely N-dealkylation sites (tertiary alicyclic amines) is 1. The second-order valence-electron chi connectivity index (χ2n) is 8.55. The minimum Gasteiger partial charge on any atom is -0.342 e. The van der Waals surface area contributed by atoms with Crippen LogP contribution in [-0.2, 0) is 4.79 Å². The average molecular weight is 429 g/mol. The lowest BCUT2D eigenvalue weighted by Gasteiger charge is -2.35. The zero-order valence-corrected chi connectivity index (χ0v) is 18.8. The topological polar surface area (TPSA) is 74.2 Å². The Morgan fingerprint density at radius 1 is 1.17 bits per heavy atom. The van der Waals surface area contributed by atoms with Crippen molar-refractivity contribution in [2.45, 2.75) is 63.8 Å². The first kappa shape index (κ1) is 21.2. The van der Waals surface area contributed by atoms with Crippen molar-refractivity contribution in [3.05, 3.63) is 28.9 Å². The number of aryl methyl sites for hydroxylation is 1. The minimum atomic E-state index is 0.275. The molecule has 30 heavy (non-hydrogen) atoms. The van der Waals surface area contributed by atoms with Gasteiger partial charge >= 0.3 is 0 Å². The standard InChI is InChI=1S/C22H32N6OS/c1-16-25-26-22(30-16)24-20-10-6-9-19(23-20)17-11-13-28(14-12-17)15-21(29)27(2)18-7-4-3-5-8-18/h6,9-10,17-18H,3-5,7-8,11-15H2,1-2H3,(H,23,24,26). The van der Waals surface area contributed by atoms with Gasteiger partial charge in [-0.05, 0) is 57.8 Å². The number of hydrogen-bond donors (Lipinski definition) is 1. The van der Waals surface area contributed by atoms with Crippen LogP contribution in [0.1, 0.15) is 61.6 Å². The van der Waals surface area contributed by atoms with E-state index in [1.54, 1.807) is 0 Å². The van der Waals surface area contributed by atoms with Gasteiger partial charge in [0.1, 0.15) is 10.8 Å². The quantitative estimate of drug-likeness (QED) is 0.751. The number of carbonyl (C=O) groups is 1. The van der Waals surface area contributed by atoms with Crippen molar-refractivity contribution in [1.82, 2.24) is 25.0 Å². The summed E-state index contributed by atoms with van der Waals surface area (Å²) in [4.78, 5) is 21.9. The van der Waals surface area contributed by atoms with Crippen LogP contribution in [0.2, 0.25) is 0 Å². The van der Waals surface area contributed by atoms with E-state index >= 15 is 0 Å². The van der Waals surface area contributed by atoms with E-state index in [4.69, 9.17) is 4.98 Å². The summed E-state index contributed by atoms with van der Waals surface area (Å²) in [6.07, 6.45) is 8.23. The molecule has 0 aromatic carbocycles. The number of carbonyl (C=O) groups excluding carboxylic acids is 1. The molecule has 4 rings (SSSR count). The van der Waals surface area contributed by atoms with Crippen LogP contribution >= 0.6 is 11.3 Å². The third-order valence-electron chi connectivity index (χ3n) is 6.41. The zero-order chi connectivity index (χ0) is 20.9. The number of amides is 1. The van der Waals surface area contributed by atoms with Crippen molar-refractivity contribution in [3.8, 4) is 0 Å². The van der Waals surface area contributed by atoms with E-state index in [0.29, 0.717) is 18.5 Å². The highest BCUT2D eigenvalue weighted by molar-refractivity contribution is 7.15. The van der Waals surface area contributed by atoms with Crippen LogP contribution in [-0.4, -0.2) is 63.6 Å². The molecule has 0 unspecified atom stereocenters. The van der Waals surface area contributed by atoms with E-state index in [0.717, 1.165) is 60.4 Å². The first-order chi connectivity index (χ1) is 14.6. The number of nitrogens with zero attached hydrogens (tertiary/aromatic N) is 5. The van der Waals surface area contributed by atoms with Gasteiger partial charge in [0.05, 0.1) is 6.54 Å². The molecule has 162 valence electrons. The lowest BCUT2D eigenvalue weighted by Crippen LogP contribution is -2.45. The maximum absolute atomic E-state index is 12.7. The molecule has 1 aliphatic heterocycles. The maximum Gasteiger partial charge on any atom is 0.236 e. The summed E-state index contributed by atoms with van der Waals surface area (Å²) >= 11 is 1.53. The van der Waals surface area contributed by atoms with E-state index in [1.165, 1.54) is 30.6 Å². The molecule has 1 saturated heterocycles. The van der Waals surface area contributed by atoms with Crippen LogP contribution in [0.15, 0.2) is 18.2 Å². The number of likely N-dealkylation sites (N-methyl/N-ethyl adjacent to an activating group) is 1. The van der Waals surface area contributed by atoms with Crippen LogP contribution in [0.25, 0.3) is 0 Å². The normalized spacial score (nSPS) is 19.0. The minimum absolute atomic E-state index is 0.275. The maximum atomic E-state index is 12.7. The molecule has 7 nitrogen and oxygen atoms in total.